The van der Waals surface area contributed by atoms with Gasteiger partial charge >= 0.3 is 6.18 Å². The van der Waals surface area contributed by atoms with Crippen molar-refractivity contribution in [1.29, 1.82) is 0 Å². The number of hydrogen-bond acceptors (Lipinski definition) is 1. The third kappa shape index (κ3) is 1.63. The van der Waals surface area contributed by atoms with Gasteiger partial charge in [0.05, 0.1) is 5.57 Å². The van der Waals surface area contributed by atoms with E-state index in [0.717, 1.165) is 4.91 Å². The van der Waals surface area contributed by atoms with Gasteiger partial charge in [-0.15, -0.1) is 11.8 Å². The van der Waals surface area contributed by atoms with Crippen LogP contribution in [0.1, 0.15) is 13.3 Å². The quantitative estimate of drug-likeness (QED) is 0.591. The molecule has 1 aliphatic carbocycles. The Morgan fingerprint density at radius 2 is 2.14 bits per heavy atom. The maximum absolute atomic E-state index is 12.4. The molecular weight excluding hydrogens is 209 g/mol. The molecule has 0 amide bonds. The van der Waals surface area contributed by atoms with Crippen LogP contribution in [0.2, 0.25) is 0 Å². The number of halogens is 3. The molecule has 4 heteroatoms. The van der Waals surface area contributed by atoms with Crippen LogP contribution < -0.4 is 0 Å². The number of alkyl halides is 3. The molecule has 0 saturated carbocycles. The summed E-state index contributed by atoms with van der Waals surface area (Å²) in [5.74, 6) is 0.200. The highest BCUT2D eigenvalue weighted by atomic mass is 32.2. The van der Waals surface area contributed by atoms with Gasteiger partial charge in [-0.3, -0.25) is 0 Å². The fourth-order valence-corrected chi connectivity index (χ4v) is 2.77. The van der Waals surface area contributed by atoms with Crippen LogP contribution in [-0.4, -0.2) is 6.18 Å². The zero-order valence-corrected chi connectivity index (χ0v) is 8.38. The highest BCUT2D eigenvalue weighted by molar-refractivity contribution is 8.06. The van der Waals surface area contributed by atoms with E-state index < -0.39 is 11.7 Å². The van der Waals surface area contributed by atoms with Crippen molar-refractivity contribution in [1.82, 2.24) is 0 Å². The number of allylic oxidation sites excluding steroid dienone is 5. The number of hydrogen-bond donors (Lipinski definition) is 0. The Morgan fingerprint density at radius 1 is 1.43 bits per heavy atom. The summed E-state index contributed by atoms with van der Waals surface area (Å²) in [7, 11) is 0. The van der Waals surface area contributed by atoms with Crippen molar-refractivity contribution < 1.29 is 13.2 Å². The normalized spacial score (nSPS) is 26.6. The van der Waals surface area contributed by atoms with Crippen LogP contribution >= 0.6 is 11.8 Å². The minimum Gasteiger partial charge on any atom is -0.166 e. The first-order valence-corrected chi connectivity index (χ1v) is 5.18. The summed E-state index contributed by atoms with van der Waals surface area (Å²) in [4.78, 5) is 0.831. The van der Waals surface area contributed by atoms with Crippen molar-refractivity contribution in [3.05, 3.63) is 33.6 Å². The van der Waals surface area contributed by atoms with E-state index in [-0.39, 0.29) is 5.92 Å². The molecule has 1 heterocycles. The summed E-state index contributed by atoms with van der Waals surface area (Å²) in [6, 6.07) is 0. The fourth-order valence-electron chi connectivity index (χ4n) is 1.64. The second-order valence-electron chi connectivity index (χ2n) is 3.47. The highest BCUT2D eigenvalue weighted by Gasteiger charge is 2.36. The van der Waals surface area contributed by atoms with Gasteiger partial charge in [0.15, 0.2) is 0 Å². The van der Waals surface area contributed by atoms with Crippen molar-refractivity contribution in [3.63, 3.8) is 0 Å². The molecule has 0 saturated heterocycles. The predicted molar refractivity (Wildman–Crippen MR) is 51.7 cm³/mol. The summed E-state index contributed by atoms with van der Waals surface area (Å²) in [6.45, 7) is 1.96. The molecule has 0 nitrogen and oxygen atoms in total. The van der Waals surface area contributed by atoms with Crippen molar-refractivity contribution in [2.75, 3.05) is 0 Å². The highest BCUT2D eigenvalue weighted by Crippen LogP contribution is 2.46. The molecular formula is C10H9F3S. The number of fused-ring (bicyclic) bond motifs is 1. The average molecular weight is 218 g/mol. The van der Waals surface area contributed by atoms with Crippen molar-refractivity contribution in [3.8, 4) is 0 Å². The molecule has 2 aliphatic rings. The minimum absolute atomic E-state index is 0.200. The van der Waals surface area contributed by atoms with Gasteiger partial charge < -0.3 is 0 Å². The maximum atomic E-state index is 12.4. The Labute approximate surface area is 84.6 Å². The summed E-state index contributed by atoms with van der Waals surface area (Å²) in [6.07, 6.45) is -1.16. The van der Waals surface area contributed by atoms with Gasteiger partial charge in [-0.25, -0.2) is 0 Å². The Hall–Kier alpha value is -0.640. The third-order valence-electron chi connectivity index (χ3n) is 2.47. The van der Waals surface area contributed by atoms with Crippen molar-refractivity contribution >= 4 is 11.8 Å². The van der Waals surface area contributed by atoms with Crippen molar-refractivity contribution in [2.45, 2.75) is 19.5 Å². The fraction of sp³-hybridized carbons (Fsp3) is 0.400. The molecule has 0 aromatic carbocycles. The monoisotopic (exact) mass is 218 g/mol. The smallest absolute Gasteiger partial charge is 0.166 e. The standard InChI is InChI=1S/C10H9F3S/c1-6-5-14-9-4-7(10(11,12)13)2-3-8(6)9/h2,4-5,8H,3H2,1H3. The molecule has 1 aliphatic heterocycles. The predicted octanol–water partition coefficient (Wildman–Crippen LogP) is 4.03. The van der Waals surface area contributed by atoms with Crippen LogP contribution in [0.4, 0.5) is 13.2 Å². The van der Waals surface area contributed by atoms with Crippen LogP contribution in [0.3, 0.4) is 0 Å². The summed E-state index contributed by atoms with van der Waals surface area (Å²) < 4.78 is 37.1. The van der Waals surface area contributed by atoms with Gasteiger partial charge in [-0.05, 0) is 29.7 Å². The molecule has 1 atom stereocenters. The molecule has 0 aromatic heterocycles. The van der Waals surface area contributed by atoms with E-state index in [2.05, 4.69) is 0 Å². The first-order valence-electron chi connectivity index (χ1n) is 4.31. The SMILES string of the molecule is CC1=CSC2=CC(C(F)(F)F)=CCC12. The summed E-state index contributed by atoms with van der Waals surface area (Å²) in [5, 5.41) is 1.93. The molecule has 0 radical (unpaired) electrons. The van der Waals surface area contributed by atoms with Crippen LogP contribution in [0.5, 0.6) is 0 Å². The van der Waals surface area contributed by atoms with Crippen LogP contribution in [0, 0.1) is 5.92 Å². The van der Waals surface area contributed by atoms with Gasteiger partial charge in [-0.2, -0.15) is 13.2 Å². The van der Waals surface area contributed by atoms with Crippen LogP contribution in [-0.2, 0) is 0 Å². The molecule has 0 bridgehead atoms. The molecule has 2 rings (SSSR count). The Kier molecular flexibility index (Phi) is 2.26. The zero-order chi connectivity index (χ0) is 10.3. The van der Waals surface area contributed by atoms with E-state index in [1.54, 1.807) is 0 Å². The lowest BCUT2D eigenvalue weighted by Crippen LogP contribution is -2.14. The van der Waals surface area contributed by atoms with Gasteiger partial charge in [-0.1, -0.05) is 11.6 Å². The van der Waals surface area contributed by atoms with Gasteiger partial charge in [0.1, 0.15) is 0 Å². The molecule has 0 spiro atoms. The molecule has 0 fully saturated rings. The van der Waals surface area contributed by atoms with E-state index in [4.69, 9.17) is 0 Å². The van der Waals surface area contributed by atoms with Gasteiger partial charge in [0, 0.05) is 5.92 Å². The van der Waals surface area contributed by atoms with E-state index in [1.165, 1.54) is 29.5 Å². The number of thioether (sulfide) groups is 1. The third-order valence-corrected chi connectivity index (χ3v) is 3.64. The Morgan fingerprint density at radius 3 is 2.79 bits per heavy atom. The minimum atomic E-state index is -4.20. The molecule has 0 N–H and O–H groups in total. The summed E-state index contributed by atoms with van der Waals surface area (Å²) >= 11 is 1.41. The van der Waals surface area contributed by atoms with E-state index >= 15 is 0 Å². The second-order valence-corrected chi connectivity index (χ2v) is 4.41. The Balaban J connectivity index is 2.25. The largest absolute Gasteiger partial charge is 0.416 e. The molecule has 0 aromatic rings. The van der Waals surface area contributed by atoms with Crippen molar-refractivity contribution in [2.24, 2.45) is 5.92 Å². The summed E-state index contributed by atoms with van der Waals surface area (Å²) in [5.41, 5.74) is 0.665. The average Bonchev–Trinajstić information content (AvgIpc) is 2.46. The molecule has 14 heavy (non-hydrogen) atoms. The lowest BCUT2D eigenvalue weighted by molar-refractivity contribution is -0.0887. The maximum Gasteiger partial charge on any atom is 0.416 e. The van der Waals surface area contributed by atoms with Crippen LogP contribution in [0.25, 0.3) is 0 Å². The molecule has 1 unspecified atom stereocenters. The topological polar surface area (TPSA) is 0 Å². The molecule has 76 valence electrons. The lowest BCUT2D eigenvalue weighted by atomic mass is 9.91. The Bertz CT molecular complexity index is 347. The van der Waals surface area contributed by atoms with E-state index in [0.29, 0.717) is 6.42 Å². The number of rotatable bonds is 0. The van der Waals surface area contributed by atoms with Gasteiger partial charge in [0.2, 0.25) is 0 Å². The van der Waals surface area contributed by atoms with E-state index in [1.807, 2.05) is 12.3 Å². The first-order chi connectivity index (χ1) is 6.48. The van der Waals surface area contributed by atoms with Crippen LogP contribution in [0.15, 0.2) is 33.6 Å². The zero-order valence-electron chi connectivity index (χ0n) is 7.56. The first kappa shape index (κ1) is 9.90. The van der Waals surface area contributed by atoms with Gasteiger partial charge in [0.25, 0.3) is 0 Å². The van der Waals surface area contributed by atoms with E-state index in [9.17, 15) is 13.2 Å². The second kappa shape index (κ2) is 3.19. The lowest BCUT2D eigenvalue weighted by Gasteiger charge is -2.19.